The number of fused-ring (bicyclic) bond motifs is 2. The van der Waals surface area contributed by atoms with Crippen LogP contribution in [0.1, 0.15) is 13.3 Å². The van der Waals surface area contributed by atoms with Crippen molar-refractivity contribution in [3.05, 3.63) is 47.5 Å². The van der Waals surface area contributed by atoms with Crippen LogP contribution in [-0.2, 0) is 16.1 Å². The molecule has 0 saturated heterocycles. The minimum absolute atomic E-state index is 0.0610. The average molecular weight is 401 g/mol. The second-order valence-corrected chi connectivity index (χ2v) is 7.84. The molecule has 1 aliphatic rings. The lowest BCUT2D eigenvalue weighted by Crippen LogP contribution is -2.32. The molecule has 1 unspecified atom stereocenters. The summed E-state index contributed by atoms with van der Waals surface area (Å²) in [4.78, 5) is 30.3. The quantitative estimate of drug-likeness (QED) is 0.689. The number of nitrogens with zero attached hydrogens (tertiary/aromatic N) is 2. The van der Waals surface area contributed by atoms with Gasteiger partial charge in [-0.05, 0) is 37.3 Å². The normalized spacial score (nSPS) is 16.1. The monoisotopic (exact) mass is 400 g/mol. The third-order valence-corrected chi connectivity index (χ3v) is 5.86. The van der Waals surface area contributed by atoms with Crippen molar-refractivity contribution in [3.63, 3.8) is 0 Å². The number of hydrogen-bond acceptors (Lipinski definition) is 4. The van der Waals surface area contributed by atoms with Crippen molar-refractivity contribution >= 4 is 57.8 Å². The molecule has 0 fully saturated rings. The summed E-state index contributed by atoms with van der Waals surface area (Å²) in [6.07, 6.45) is 0.0610. The highest BCUT2D eigenvalue weighted by Gasteiger charge is 2.29. The number of carbonyl (C=O) groups excluding carboxylic acids is 2. The molecule has 2 aromatic carbocycles. The van der Waals surface area contributed by atoms with Gasteiger partial charge in [-0.15, -0.1) is 11.8 Å². The highest BCUT2D eigenvalue weighted by Crippen LogP contribution is 2.38. The Balaban J connectivity index is 1.50. The molecule has 2 heterocycles. The average Bonchev–Trinajstić information content (AvgIpc) is 2.99. The molecule has 0 bridgehead atoms. The molecule has 1 aliphatic heterocycles. The Morgan fingerprint density at radius 3 is 2.96 bits per heavy atom. The molecule has 2 N–H and O–H groups in total. The van der Waals surface area contributed by atoms with Crippen LogP contribution in [0.2, 0.25) is 5.02 Å². The lowest BCUT2D eigenvalue weighted by molar-refractivity contribution is -0.120. The first-order chi connectivity index (χ1) is 13.0. The third kappa shape index (κ3) is 3.52. The zero-order valence-electron chi connectivity index (χ0n) is 14.5. The molecule has 6 nitrogen and oxygen atoms in total. The Bertz CT molecular complexity index is 1050. The van der Waals surface area contributed by atoms with E-state index < -0.39 is 5.25 Å². The molecule has 27 heavy (non-hydrogen) atoms. The highest BCUT2D eigenvalue weighted by atomic mass is 35.5. The molecule has 8 heteroatoms. The Labute approximate surface area is 165 Å². The summed E-state index contributed by atoms with van der Waals surface area (Å²) in [7, 11) is 0. The summed E-state index contributed by atoms with van der Waals surface area (Å²) < 4.78 is 1.94. The van der Waals surface area contributed by atoms with E-state index in [-0.39, 0.29) is 18.2 Å². The van der Waals surface area contributed by atoms with E-state index in [9.17, 15) is 9.59 Å². The Morgan fingerprint density at radius 1 is 1.33 bits per heavy atom. The van der Waals surface area contributed by atoms with Gasteiger partial charge in [0.2, 0.25) is 17.8 Å². The fourth-order valence-electron chi connectivity index (χ4n) is 3.09. The van der Waals surface area contributed by atoms with Crippen molar-refractivity contribution in [2.75, 3.05) is 10.6 Å². The maximum absolute atomic E-state index is 12.6. The predicted molar refractivity (Wildman–Crippen MR) is 108 cm³/mol. The second-order valence-electron chi connectivity index (χ2n) is 6.16. The van der Waals surface area contributed by atoms with Gasteiger partial charge in [0.25, 0.3) is 0 Å². The number of thioether (sulfide) groups is 1. The number of aromatic nitrogens is 2. The number of para-hydroxylation sites is 2. The van der Waals surface area contributed by atoms with Crippen LogP contribution in [0.15, 0.2) is 47.4 Å². The maximum atomic E-state index is 12.6. The van der Waals surface area contributed by atoms with Gasteiger partial charge in [-0.2, -0.15) is 0 Å². The molecule has 0 spiro atoms. The van der Waals surface area contributed by atoms with Gasteiger partial charge in [0.1, 0.15) is 0 Å². The first kappa shape index (κ1) is 17.9. The fraction of sp³-hybridized carbons (Fsp3) is 0.211. The van der Waals surface area contributed by atoms with Gasteiger partial charge in [-0.25, -0.2) is 4.98 Å². The second kappa shape index (κ2) is 7.25. The zero-order chi connectivity index (χ0) is 19.0. The number of amides is 2. The van der Waals surface area contributed by atoms with Crippen molar-refractivity contribution in [1.29, 1.82) is 0 Å². The Kier molecular flexibility index (Phi) is 4.80. The number of aryl methyl sites for hydroxylation is 1. The minimum atomic E-state index is -0.502. The first-order valence-electron chi connectivity index (χ1n) is 8.57. The number of benzene rings is 2. The van der Waals surface area contributed by atoms with Crippen LogP contribution in [0.3, 0.4) is 0 Å². The van der Waals surface area contributed by atoms with E-state index in [4.69, 9.17) is 11.6 Å². The van der Waals surface area contributed by atoms with Gasteiger partial charge in [0.15, 0.2) is 0 Å². The van der Waals surface area contributed by atoms with Gasteiger partial charge in [-0.1, -0.05) is 23.7 Å². The Morgan fingerprint density at radius 2 is 2.15 bits per heavy atom. The standard InChI is InChI=1S/C19H17ClN4O2S/c1-2-24-14-6-4-3-5-12(14)22-19(24)23-17(25)10-16-18(26)21-13-9-11(20)7-8-15(13)27-16/h3-9,16H,2,10H2,1H3,(H,21,26)(H,22,23,25). The lowest BCUT2D eigenvalue weighted by Gasteiger charge is -2.23. The molecular formula is C19H17ClN4O2S. The Hall–Kier alpha value is -2.51. The molecule has 1 aromatic heterocycles. The van der Waals surface area contributed by atoms with Crippen LogP contribution >= 0.6 is 23.4 Å². The van der Waals surface area contributed by atoms with Crippen molar-refractivity contribution in [3.8, 4) is 0 Å². The predicted octanol–water partition coefficient (Wildman–Crippen LogP) is 4.15. The van der Waals surface area contributed by atoms with Crippen LogP contribution in [0.4, 0.5) is 11.6 Å². The van der Waals surface area contributed by atoms with Gasteiger partial charge >= 0.3 is 0 Å². The van der Waals surface area contributed by atoms with E-state index in [2.05, 4.69) is 15.6 Å². The van der Waals surface area contributed by atoms with Crippen molar-refractivity contribution in [2.45, 2.75) is 30.0 Å². The van der Waals surface area contributed by atoms with E-state index in [1.807, 2.05) is 41.8 Å². The van der Waals surface area contributed by atoms with Gasteiger partial charge < -0.3 is 9.88 Å². The molecule has 0 radical (unpaired) electrons. The van der Waals surface area contributed by atoms with E-state index in [1.54, 1.807) is 12.1 Å². The summed E-state index contributed by atoms with van der Waals surface area (Å²) >= 11 is 7.33. The number of rotatable bonds is 4. The smallest absolute Gasteiger partial charge is 0.238 e. The first-order valence-corrected chi connectivity index (χ1v) is 9.83. The minimum Gasteiger partial charge on any atom is -0.324 e. The van der Waals surface area contributed by atoms with Gasteiger partial charge in [0, 0.05) is 22.9 Å². The van der Waals surface area contributed by atoms with E-state index in [0.29, 0.717) is 23.2 Å². The number of carbonyl (C=O) groups is 2. The largest absolute Gasteiger partial charge is 0.324 e. The molecule has 0 saturated carbocycles. The van der Waals surface area contributed by atoms with Crippen molar-refractivity contribution in [2.24, 2.45) is 0 Å². The summed E-state index contributed by atoms with van der Waals surface area (Å²) in [5.41, 5.74) is 2.47. The summed E-state index contributed by atoms with van der Waals surface area (Å²) in [5, 5.41) is 5.73. The summed E-state index contributed by atoms with van der Waals surface area (Å²) in [6.45, 7) is 2.68. The SMILES string of the molecule is CCn1c(NC(=O)CC2Sc3ccc(Cl)cc3NC2=O)nc2ccccc21. The van der Waals surface area contributed by atoms with E-state index in [1.165, 1.54) is 11.8 Å². The molecule has 3 aromatic rings. The van der Waals surface area contributed by atoms with Crippen LogP contribution in [0.5, 0.6) is 0 Å². The molecule has 4 rings (SSSR count). The maximum Gasteiger partial charge on any atom is 0.238 e. The van der Waals surface area contributed by atoms with Crippen molar-refractivity contribution < 1.29 is 9.59 Å². The van der Waals surface area contributed by atoms with Crippen LogP contribution < -0.4 is 10.6 Å². The molecule has 1 atom stereocenters. The summed E-state index contributed by atoms with van der Waals surface area (Å²) in [5.74, 6) is 0.0519. The molecular weight excluding hydrogens is 384 g/mol. The highest BCUT2D eigenvalue weighted by molar-refractivity contribution is 8.01. The van der Waals surface area contributed by atoms with Crippen molar-refractivity contribution in [1.82, 2.24) is 9.55 Å². The van der Waals surface area contributed by atoms with Gasteiger partial charge in [-0.3, -0.25) is 14.9 Å². The van der Waals surface area contributed by atoms with E-state index >= 15 is 0 Å². The van der Waals surface area contributed by atoms with Crippen LogP contribution in [-0.4, -0.2) is 26.6 Å². The van der Waals surface area contributed by atoms with Gasteiger partial charge in [0.05, 0.1) is 22.0 Å². The lowest BCUT2D eigenvalue weighted by atomic mass is 10.2. The number of hydrogen-bond donors (Lipinski definition) is 2. The topological polar surface area (TPSA) is 76.0 Å². The third-order valence-electron chi connectivity index (χ3n) is 4.35. The number of anilines is 2. The molecule has 0 aliphatic carbocycles. The van der Waals surface area contributed by atoms with Crippen LogP contribution in [0, 0.1) is 0 Å². The molecule has 138 valence electrons. The number of nitrogens with one attached hydrogen (secondary N) is 2. The number of imidazole rings is 1. The zero-order valence-corrected chi connectivity index (χ0v) is 16.1. The van der Waals surface area contributed by atoms with E-state index in [0.717, 1.165) is 15.9 Å². The number of halogens is 1. The summed E-state index contributed by atoms with van der Waals surface area (Å²) in [6, 6.07) is 13.1. The fourth-order valence-corrected chi connectivity index (χ4v) is 4.36. The molecule has 2 amide bonds. The van der Waals surface area contributed by atoms with Crippen LogP contribution in [0.25, 0.3) is 11.0 Å².